The van der Waals surface area contributed by atoms with Crippen molar-refractivity contribution in [1.82, 2.24) is 0 Å². The van der Waals surface area contributed by atoms with Crippen molar-refractivity contribution in [2.24, 2.45) is 0 Å². The molecule has 2 aromatic carbocycles. The van der Waals surface area contributed by atoms with Crippen molar-refractivity contribution in [1.29, 1.82) is 0 Å². The molecule has 1 N–H and O–H groups in total. The third kappa shape index (κ3) is 4.70. The van der Waals surface area contributed by atoms with Gasteiger partial charge in [0.1, 0.15) is 11.5 Å². The minimum atomic E-state index is -4.66. The summed E-state index contributed by atoms with van der Waals surface area (Å²) in [7, 11) is 0. The Balaban J connectivity index is 1.92. The molecule has 0 radical (unpaired) electrons. The van der Waals surface area contributed by atoms with Crippen LogP contribution in [0.1, 0.15) is 5.56 Å². The van der Waals surface area contributed by atoms with E-state index in [0.717, 1.165) is 10.5 Å². The minimum Gasteiger partial charge on any atom is -0.508 e. The van der Waals surface area contributed by atoms with Gasteiger partial charge in [0.15, 0.2) is 0 Å². The van der Waals surface area contributed by atoms with Crippen LogP contribution in [0.4, 0.5) is 13.2 Å². The summed E-state index contributed by atoms with van der Waals surface area (Å²) >= 11 is 1.53. The number of halogens is 3. The van der Waals surface area contributed by atoms with E-state index >= 15 is 0 Å². The van der Waals surface area contributed by atoms with Gasteiger partial charge in [0, 0.05) is 10.6 Å². The number of phenols is 1. The molecule has 0 fully saturated rings. The van der Waals surface area contributed by atoms with Crippen molar-refractivity contribution in [3.63, 3.8) is 0 Å². The summed E-state index contributed by atoms with van der Waals surface area (Å²) in [5.41, 5.74) is 0.887. The SMILES string of the molecule is Oc1ccc(SCc2ccc(OC(F)(F)F)cc2)cc1. The molecule has 0 aliphatic rings. The molecule has 20 heavy (non-hydrogen) atoms. The maximum Gasteiger partial charge on any atom is 0.573 e. The molecule has 6 heteroatoms. The lowest BCUT2D eigenvalue weighted by molar-refractivity contribution is -0.274. The zero-order valence-corrected chi connectivity index (χ0v) is 11.0. The molecule has 0 unspecified atom stereocenters. The maximum atomic E-state index is 12.0. The Morgan fingerprint density at radius 2 is 1.55 bits per heavy atom. The number of thioether (sulfide) groups is 1. The van der Waals surface area contributed by atoms with E-state index in [0.29, 0.717) is 5.75 Å². The van der Waals surface area contributed by atoms with Gasteiger partial charge < -0.3 is 9.84 Å². The van der Waals surface area contributed by atoms with Crippen LogP contribution in [-0.4, -0.2) is 11.5 Å². The number of phenolic OH excluding ortho intramolecular Hbond substituents is 1. The molecule has 0 bridgehead atoms. The predicted molar refractivity (Wildman–Crippen MR) is 70.8 cm³/mol. The van der Waals surface area contributed by atoms with Crippen LogP contribution in [0.25, 0.3) is 0 Å². The second-order valence-electron chi connectivity index (χ2n) is 3.97. The first kappa shape index (κ1) is 14.6. The third-order valence-electron chi connectivity index (χ3n) is 2.40. The molecule has 2 rings (SSSR count). The maximum absolute atomic E-state index is 12.0. The number of alkyl halides is 3. The summed E-state index contributed by atoms with van der Waals surface area (Å²) in [6.07, 6.45) is -4.66. The topological polar surface area (TPSA) is 29.5 Å². The van der Waals surface area contributed by atoms with Gasteiger partial charge in [-0.2, -0.15) is 0 Å². The number of hydrogen-bond acceptors (Lipinski definition) is 3. The third-order valence-corrected chi connectivity index (χ3v) is 3.48. The standard InChI is InChI=1S/C14H11F3O2S/c15-14(16,17)19-12-5-1-10(2-6-12)9-20-13-7-3-11(18)4-8-13/h1-8,18H,9H2. The molecule has 0 amide bonds. The van der Waals surface area contributed by atoms with Crippen LogP contribution in [0.3, 0.4) is 0 Å². The summed E-state index contributed by atoms with van der Waals surface area (Å²) in [5.74, 6) is 0.593. The molecule has 0 saturated carbocycles. The Morgan fingerprint density at radius 1 is 0.950 bits per heavy atom. The number of rotatable bonds is 4. The highest BCUT2D eigenvalue weighted by Gasteiger charge is 2.30. The first-order valence-corrected chi connectivity index (χ1v) is 6.67. The van der Waals surface area contributed by atoms with Gasteiger partial charge >= 0.3 is 6.36 Å². The van der Waals surface area contributed by atoms with Crippen LogP contribution in [-0.2, 0) is 5.75 Å². The van der Waals surface area contributed by atoms with Crippen molar-refractivity contribution in [3.05, 3.63) is 54.1 Å². The zero-order chi connectivity index (χ0) is 14.6. The van der Waals surface area contributed by atoms with Crippen LogP contribution < -0.4 is 4.74 Å². The number of aromatic hydroxyl groups is 1. The molecule has 106 valence electrons. The van der Waals surface area contributed by atoms with Gasteiger partial charge in [-0.25, -0.2) is 0 Å². The lowest BCUT2D eigenvalue weighted by Crippen LogP contribution is -2.16. The average Bonchev–Trinajstić information content (AvgIpc) is 2.38. The van der Waals surface area contributed by atoms with E-state index in [4.69, 9.17) is 5.11 Å². The van der Waals surface area contributed by atoms with Crippen LogP contribution in [0.5, 0.6) is 11.5 Å². The van der Waals surface area contributed by atoms with Crippen molar-refractivity contribution < 1.29 is 23.0 Å². The van der Waals surface area contributed by atoms with E-state index in [1.165, 1.54) is 23.9 Å². The van der Waals surface area contributed by atoms with E-state index < -0.39 is 6.36 Å². The predicted octanol–water partition coefficient (Wildman–Crippen LogP) is 4.58. The summed E-state index contributed by atoms with van der Waals surface area (Å²) < 4.78 is 39.8. The van der Waals surface area contributed by atoms with E-state index in [1.807, 2.05) is 0 Å². The summed E-state index contributed by atoms with van der Waals surface area (Å²) in [6.45, 7) is 0. The smallest absolute Gasteiger partial charge is 0.508 e. The Bertz CT molecular complexity index is 550. The zero-order valence-electron chi connectivity index (χ0n) is 10.2. The Labute approximate surface area is 118 Å². The van der Waals surface area contributed by atoms with Crippen LogP contribution >= 0.6 is 11.8 Å². The first-order valence-electron chi connectivity index (χ1n) is 5.69. The van der Waals surface area contributed by atoms with E-state index in [2.05, 4.69) is 4.74 Å². The van der Waals surface area contributed by atoms with Gasteiger partial charge in [-0.3, -0.25) is 0 Å². The molecule has 2 aromatic rings. The lowest BCUT2D eigenvalue weighted by atomic mass is 10.2. The molecule has 0 aliphatic heterocycles. The van der Waals surface area contributed by atoms with Crippen molar-refractivity contribution in [2.75, 3.05) is 0 Å². The summed E-state index contributed by atoms with van der Waals surface area (Å²) in [5, 5.41) is 9.15. The fourth-order valence-corrected chi connectivity index (χ4v) is 2.35. The molecule has 0 atom stereocenters. The van der Waals surface area contributed by atoms with Crippen molar-refractivity contribution >= 4 is 11.8 Å². The van der Waals surface area contributed by atoms with Gasteiger partial charge in [0.05, 0.1) is 0 Å². The molecular formula is C14H11F3O2S. The highest BCUT2D eigenvalue weighted by molar-refractivity contribution is 7.98. The first-order chi connectivity index (χ1) is 9.42. The normalized spacial score (nSPS) is 11.3. The van der Waals surface area contributed by atoms with Gasteiger partial charge in [-0.15, -0.1) is 24.9 Å². The van der Waals surface area contributed by atoms with Gasteiger partial charge in [0.2, 0.25) is 0 Å². The number of benzene rings is 2. The molecule has 0 saturated heterocycles. The quantitative estimate of drug-likeness (QED) is 0.838. The highest BCUT2D eigenvalue weighted by atomic mass is 32.2. The molecular weight excluding hydrogens is 289 g/mol. The minimum absolute atomic E-state index is 0.197. The molecule has 0 aliphatic carbocycles. The summed E-state index contributed by atoms with van der Waals surface area (Å²) in [4.78, 5) is 0.971. The second kappa shape index (κ2) is 6.09. The van der Waals surface area contributed by atoms with Crippen LogP contribution in [0, 0.1) is 0 Å². The monoisotopic (exact) mass is 300 g/mol. The van der Waals surface area contributed by atoms with E-state index in [-0.39, 0.29) is 11.5 Å². The van der Waals surface area contributed by atoms with E-state index in [1.54, 1.807) is 36.4 Å². The van der Waals surface area contributed by atoms with Gasteiger partial charge in [-0.05, 0) is 42.0 Å². The largest absolute Gasteiger partial charge is 0.573 e. The molecule has 0 spiro atoms. The molecule has 0 heterocycles. The summed E-state index contributed by atoms with van der Waals surface area (Å²) in [6, 6.07) is 12.5. The second-order valence-corrected chi connectivity index (χ2v) is 5.02. The fraction of sp³-hybridized carbons (Fsp3) is 0.143. The van der Waals surface area contributed by atoms with Crippen LogP contribution in [0.2, 0.25) is 0 Å². The van der Waals surface area contributed by atoms with Crippen LogP contribution in [0.15, 0.2) is 53.4 Å². The average molecular weight is 300 g/mol. The van der Waals surface area contributed by atoms with Crippen molar-refractivity contribution in [3.8, 4) is 11.5 Å². The molecule has 0 aromatic heterocycles. The lowest BCUT2D eigenvalue weighted by Gasteiger charge is -2.09. The Hall–Kier alpha value is -1.82. The van der Waals surface area contributed by atoms with Crippen molar-refractivity contribution in [2.45, 2.75) is 17.0 Å². The number of hydrogen-bond donors (Lipinski definition) is 1. The fourth-order valence-electron chi connectivity index (χ4n) is 1.50. The Kier molecular flexibility index (Phi) is 4.44. The van der Waals surface area contributed by atoms with E-state index in [9.17, 15) is 13.2 Å². The van der Waals surface area contributed by atoms with Gasteiger partial charge in [0.25, 0.3) is 0 Å². The highest BCUT2D eigenvalue weighted by Crippen LogP contribution is 2.27. The molecule has 2 nitrogen and oxygen atoms in total. The Morgan fingerprint density at radius 3 is 2.10 bits per heavy atom. The van der Waals surface area contributed by atoms with Gasteiger partial charge in [-0.1, -0.05) is 12.1 Å². The number of ether oxygens (including phenoxy) is 1.